The van der Waals surface area contributed by atoms with Crippen LogP contribution >= 0.6 is 0 Å². The van der Waals surface area contributed by atoms with Crippen LogP contribution < -0.4 is 10.6 Å². The molecule has 0 fully saturated rings. The molecule has 90 valence electrons. The van der Waals surface area contributed by atoms with Crippen LogP contribution in [0.15, 0.2) is 36.4 Å². The van der Waals surface area contributed by atoms with Crippen LogP contribution in [-0.4, -0.2) is 24.6 Å². The van der Waals surface area contributed by atoms with Gasteiger partial charge in [-0.15, -0.1) is 0 Å². The van der Waals surface area contributed by atoms with Crippen LogP contribution in [0.2, 0.25) is 0 Å². The van der Waals surface area contributed by atoms with Crippen LogP contribution in [0.3, 0.4) is 0 Å². The highest BCUT2D eigenvalue weighted by molar-refractivity contribution is 5.78. The standard InChI is InChI=1S/C14H19N3/c1-2-15-9-10-16-11-13-8-7-12-5-3-4-6-14(12)17-13/h3-8,15-16H,2,9-11H2,1H3. The third kappa shape index (κ3) is 3.51. The number of nitrogens with zero attached hydrogens (tertiary/aromatic N) is 1. The molecule has 0 unspecified atom stereocenters. The van der Waals surface area contributed by atoms with Gasteiger partial charge in [-0.3, -0.25) is 4.98 Å². The Hall–Kier alpha value is -1.45. The second-order valence-electron chi connectivity index (χ2n) is 4.03. The molecule has 0 aliphatic carbocycles. The van der Waals surface area contributed by atoms with Crippen LogP contribution in [0.5, 0.6) is 0 Å². The molecule has 0 saturated carbocycles. The molecule has 17 heavy (non-hydrogen) atoms. The van der Waals surface area contributed by atoms with Crippen molar-refractivity contribution in [2.75, 3.05) is 19.6 Å². The average molecular weight is 229 g/mol. The smallest absolute Gasteiger partial charge is 0.0705 e. The van der Waals surface area contributed by atoms with Crippen LogP contribution in [0.4, 0.5) is 0 Å². The molecule has 0 aliphatic rings. The highest BCUT2D eigenvalue weighted by Gasteiger charge is 1.97. The van der Waals surface area contributed by atoms with Crippen molar-refractivity contribution in [1.82, 2.24) is 15.6 Å². The molecule has 0 aliphatic heterocycles. The number of para-hydroxylation sites is 1. The van der Waals surface area contributed by atoms with Gasteiger partial charge in [-0.25, -0.2) is 0 Å². The fourth-order valence-corrected chi connectivity index (χ4v) is 1.78. The lowest BCUT2D eigenvalue weighted by atomic mass is 10.2. The van der Waals surface area contributed by atoms with Crippen LogP contribution in [0.25, 0.3) is 10.9 Å². The lowest BCUT2D eigenvalue weighted by Gasteiger charge is -2.05. The molecule has 0 atom stereocenters. The first-order valence-corrected chi connectivity index (χ1v) is 6.16. The number of hydrogen-bond acceptors (Lipinski definition) is 3. The van der Waals surface area contributed by atoms with Crippen molar-refractivity contribution in [2.24, 2.45) is 0 Å². The zero-order chi connectivity index (χ0) is 11.9. The first-order chi connectivity index (χ1) is 8.40. The first kappa shape index (κ1) is 12.0. The van der Waals surface area contributed by atoms with E-state index >= 15 is 0 Å². The van der Waals surface area contributed by atoms with E-state index in [4.69, 9.17) is 0 Å². The molecule has 0 bridgehead atoms. The Morgan fingerprint density at radius 3 is 2.71 bits per heavy atom. The summed E-state index contributed by atoms with van der Waals surface area (Å²) >= 11 is 0. The van der Waals surface area contributed by atoms with E-state index in [1.807, 2.05) is 12.1 Å². The molecule has 1 aromatic carbocycles. The normalized spacial score (nSPS) is 10.9. The SMILES string of the molecule is CCNCCNCc1ccc2ccccc2n1. The largest absolute Gasteiger partial charge is 0.316 e. The minimum Gasteiger partial charge on any atom is -0.316 e. The number of aromatic nitrogens is 1. The number of nitrogens with one attached hydrogen (secondary N) is 2. The minimum atomic E-state index is 0.830. The molecule has 0 saturated heterocycles. The molecule has 0 spiro atoms. The molecule has 1 aromatic heterocycles. The van der Waals surface area contributed by atoms with Gasteiger partial charge < -0.3 is 10.6 Å². The van der Waals surface area contributed by atoms with Gasteiger partial charge in [0.25, 0.3) is 0 Å². The summed E-state index contributed by atoms with van der Waals surface area (Å²) in [6.07, 6.45) is 0. The Bertz CT molecular complexity index is 468. The Balaban J connectivity index is 1.90. The lowest BCUT2D eigenvalue weighted by molar-refractivity contribution is 0.620. The van der Waals surface area contributed by atoms with E-state index in [9.17, 15) is 0 Å². The number of likely N-dealkylation sites (N-methyl/N-ethyl adjacent to an activating group) is 1. The predicted molar refractivity (Wildman–Crippen MR) is 72.0 cm³/mol. The molecule has 2 N–H and O–H groups in total. The van der Waals surface area contributed by atoms with E-state index in [0.717, 1.165) is 37.4 Å². The fourth-order valence-electron chi connectivity index (χ4n) is 1.78. The van der Waals surface area contributed by atoms with Crippen molar-refractivity contribution >= 4 is 10.9 Å². The van der Waals surface area contributed by atoms with E-state index in [0.29, 0.717) is 0 Å². The Morgan fingerprint density at radius 2 is 1.82 bits per heavy atom. The van der Waals surface area contributed by atoms with Crippen LogP contribution in [-0.2, 0) is 6.54 Å². The zero-order valence-corrected chi connectivity index (χ0v) is 10.2. The van der Waals surface area contributed by atoms with Crippen molar-refractivity contribution in [3.05, 3.63) is 42.1 Å². The summed E-state index contributed by atoms with van der Waals surface area (Å²) in [4.78, 5) is 4.61. The van der Waals surface area contributed by atoms with E-state index < -0.39 is 0 Å². The molecule has 3 heteroatoms. The van der Waals surface area contributed by atoms with E-state index in [1.54, 1.807) is 0 Å². The quantitative estimate of drug-likeness (QED) is 0.743. The summed E-state index contributed by atoms with van der Waals surface area (Å²) in [6.45, 7) is 5.95. The molecule has 2 rings (SSSR count). The predicted octanol–water partition coefficient (Wildman–Crippen LogP) is 1.93. The molecule has 3 nitrogen and oxygen atoms in total. The van der Waals surface area contributed by atoms with Crippen molar-refractivity contribution in [3.63, 3.8) is 0 Å². The Kier molecular flexibility index (Phi) is 4.47. The van der Waals surface area contributed by atoms with Gasteiger partial charge in [-0.2, -0.15) is 0 Å². The van der Waals surface area contributed by atoms with Crippen molar-refractivity contribution in [3.8, 4) is 0 Å². The van der Waals surface area contributed by atoms with Gasteiger partial charge in [0.05, 0.1) is 11.2 Å². The monoisotopic (exact) mass is 229 g/mol. The summed E-state index contributed by atoms with van der Waals surface area (Å²) in [5.41, 5.74) is 2.17. The molecular weight excluding hydrogens is 210 g/mol. The maximum Gasteiger partial charge on any atom is 0.0705 e. The van der Waals surface area contributed by atoms with Gasteiger partial charge >= 0.3 is 0 Å². The third-order valence-electron chi connectivity index (χ3n) is 2.69. The second kappa shape index (κ2) is 6.33. The Morgan fingerprint density at radius 1 is 1.00 bits per heavy atom. The van der Waals surface area contributed by atoms with Crippen molar-refractivity contribution < 1.29 is 0 Å². The lowest BCUT2D eigenvalue weighted by Crippen LogP contribution is -2.26. The number of hydrogen-bond donors (Lipinski definition) is 2. The van der Waals surface area contributed by atoms with Gasteiger partial charge in [0.2, 0.25) is 0 Å². The minimum absolute atomic E-state index is 0.830. The summed E-state index contributed by atoms with van der Waals surface area (Å²) in [5, 5.41) is 7.86. The van der Waals surface area contributed by atoms with E-state index in [2.05, 4.69) is 46.8 Å². The molecule has 1 heterocycles. The molecular formula is C14H19N3. The zero-order valence-electron chi connectivity index (χ0n) is 10.2. The summed E-state index contributed by atoms with van der Waals surface area (Å²) < 4.78 is 0. The van der Waals surface area contributed by atoms with E-state index in [-0.39, 0.29) is 0 Å². The van der Waals surface area contributed by atoms with Crippen molar-refractivity contribution in [2.45, 2.75) is 13.5 Å². The first-order valence-electron chi connectivity index (χ1n) is 6.16. The summed E-state index contributed by atoms with van der Waals surface area (Å²) in [7, 11) is 0. The molecule has 2 aromatic rings. The van der Waals surface area contributed by atoms with Gasteiger partial charge in [0.1, 0.15) is 0 Å². The number of rotatable bonds is 6. The molecule has 0 amide bonds. The molecule has 0 radical (unpaired) electrons. The van der Waals surface area contributed by atoms with Crippen LogP contribution in [0, 0.1) is 0 Å². The summed E-state index contributed by atoms with van der Waals surface area (Å²) in [5.74, 6) is 0. The summed E-state index contributed by atoms with van der Waals surface area (Å²) in [6, 6.07) is 12.4. The topological polar surface area (TPSA) is 37.0 Å². The van der Waals surface area contributed by atoms with Gasteiger partial charge in [-0.1, -0.05) is 31.2 Å². The third-order valence-corrected chi connectivity index (χ3v) is 2.69. The Labute approximate surface area is 102 Å². The fraction of sp³-hybridized carbons (Fsp3) is 0.357. The van der Waals surface area contributed by atoms with Crippen LogP contribution in [0.1, 0.15) is 12.6 Å². The maximum absolute atomic E-state index is 4.61. The number of fused-ring (bicyclic) bond motifs is 1. The van der Waals surface area contributed by atoms with Crippen molar-refractivity contribution in [1.29, 1.82) is 0 Å². The van der Waals surface area contributed by atoms with Gasteiger partial charge in [0, 0.05) is 25.0 Å². The average Bonchev–Trinajstić information content (AvgIpc) is 2.38. The van der Waals surface area contributed by atoms with E-state index in [1.165, 1.54) is 5.39 Å². The number of benzene rings is 1. The van der Waals surface area contributed by atoms with Gasteiger partial charge in [-0.05, 0) is 18.7 Å². The highest BCUT2D eigenvalue weighted by atomic mass is 14.9. The van der Waals surface area contributed by atoms with Gasteiger partial charge in [0.15, 0.2) is 0 Å². The highest BCUT2D eigenvalue weighted by Crippen LogP contribution is 2.11. The second-order valence-corrected chi connectivity index (χ2v) is 4.03. The number of pyridine rings is 1. The maximum atomic E-state index is 4.61.